The van der Waals surface area contributed by atoms with Gasteiger partial charge >= 0.3 is 6.03 Å². The topological polar surface area (TPSA) is 90.9 Å². The first-order valence-corrected chi connectivity index (χ1v) is 12.6. The molecule has 0 aliphatic carbocycles. The van der Waals surface area contributed by atoms with E-state index in [1.807, 2.05) is 64.1 Å². The summed E-state index contributed by atoms with van der Waals surface area (Å²) in [5.41, 5.74) is 1.98. The Kier molecular flexibility index (Phi) is 10.6. The van der Waals surface area contributed by atoms with Crippen LogP contribution in [0, 0.1) is 3.57 Å². The molecule has 0 aliphatic heterocycles. The van der Waals surface area contributed by atoms with Gasteiger partial charge < -0.3 is 25.4 Å². The number of anilines is 1. The summed E-state index contributed by atoms with van der Waals surface area (Å²) in [6.07, 6.45) is 1.93. The lowest BCUT2D eigenvalue weighted by molar-refractivity contribution is 0.0930. The predicted octanol–water partition coefficient (Wildman–Crippen LogP) is 5.07. The van der Waals surface area contributed by atoms with Crippen LogP contribution < -0.4 is 15.4 Å². The van der Waals surface area contributed by atoms with Crippen molar-refractivity contribution >= 4 is 40.2 Å². The molecule has 2 aromatic rings. The molecular formula is C26H36IN3O4. The van der Waals surface area contributed by atoms with E-state index in [0.717, 1.165) is 21.3 Å². The minimum atomic E-state index is -0.277. The fraction of sp³-hybridized carbons (Fsp3) is 0.462. The predicted molar refractivity (Wildman–Crippen MR) is 145 cm³/mol. The molecule has 2 rings (SSSR count). The lowest BCUT2D eigenvalue weighted by Gasteiger charge is -2.31. The van der Waals surface area contributed by atoms with Gasteiger partial charge in [-0.15, -0.1) is 0 Å². The van der Waals surface area contributed by atoms with Crippen LogP contribution in [0.25, 0.3) is 0 Å². The van der Waals surface area contributed by atoms with Gasteiger partial charge in [-0.25, -0.2) is 4.79 Å². The monoisotopic (exact) mass is 581 g/mol. The zero-order valence-electron chi connectivity index (χ0n) is 20.7. The van der Waals surface area contributed by atoms with Crippen LogP contribution in [0.2, 0.25) is 0 Å². The number of halogens is 1. The maximum atomic E-state index is 12.8. The average Bonchev–Trinajstić information content (AvgIpc) is 2.78. The highest BCUT2D eigenvalue weighted by molar-refractivity contribution is 14.1. The van der Waals surface area contributed by atoms with Crippen LogP contribution in [0.15, 0.2) is 42.5 Å². The first-order valence-electron chi connectivity index (χ1n) is 11.5. The van der Waals surface area contributed by atoms with Crippen LogP contribution in [0.1, 0.15) is 56.5 Å². The average molecular weight is 581 g/mol. The summed E-state index contributed by atoms with van der Waals surface area (Å²) in [6, 6.07) is 12.5. The Labute approximate surface area is 216 Å². The number of rotatable bonds is 10. The third-order valence-electron chi connectivity index (χ3n) is 5.47. The van der Waals surface area contributed by atoms with Crippen molar-refractivity contribution in [2.45, 2.75) is 58.5 Å². The molecule has 186 valence electrons. The van der Waals surface area contributed by atoms with Crippen molar-refractivity contribution < 1.29 is 19.4 Å². The van der Waals surface area contributed by atoms with E-state index in [1.165, 1.54) is 0 Å². The molecule has 0 heterocycles. The molecule has 0 unspecified atom stereocenters. The molecule has 34 heavy (non-hydrogen) atoms. The number of urea groups is 1. The standard InChI is InChI=1S/C26H36IN3O4/c1-6-15-34-23-12-9-19(17-22(23)27)24(32)28-21(13-14-31)16-18-7-10-20(11-8-18)29-25(33)30(5)26(2,3)4/h7-12,17,21,31H,6,13-16H2,1-5H3,(H,28,32)(H,29,33)/t21-/m1/s1. The van der Waals surface area contributed by atoms with Crippen molar-refractivity contribution in [1.82, 2.24) is 10.2 Å². The Morgan fingerprint density at radius 3 is 2.38 bits per heavy atom. The van der Waals surface area contributed by atoms with Gasteiger partial charge in [0.1, 0.15) is 5.75 Å². The number of carbonyl (C=O) groups excluding carboxylic acids is 2. The maximum absolute atomic E-state index is 12.8. The lowest BCUT2D eigenvalue weighted by atomic mass is 10.0. The van der Waals surface area contributed by atoms with Crippen molar-refractivity contribution in [3.63, 3.8) is 0 Å². The van der Waals surface area contributed by atoms with Crippen LogP contribution in [-0.4, -0.2) is 53.8 Å². The summed E-state index contributed by atoms with van der Waals surface area (Å²) in [6.45, 7) is 8.57. The minimum absolute atomic E-state index is 0.0282. The van der Waals surface area contributed by atoms with Gasteiger partial charge in [0.15, 0.2) is 0 Å². The van der Waals surface area contributed by atoms with Crippen molar-refractivity contribution in [1.29, 1.82) is 0 Å². The Balaban J connectivity index is 2.01. The summed E-state index contributed by atoms with van der Waals surface area (Å²) >= 11 is 2.17. The van der Waals surface area contributed by atoms with Gasteiger partial charge in [-0.2, -0.15) is 0 Å². The number of aliphatic hydroxyl groups is 1. The van der Waals surface area contributed by atoms with E-state index in [1.54, 1.807) is 18.0 Å². The number of ether oxygens (including phenoxy) is 1. The number of amides is 3. The molecule has 0 fully saturated rings. The molecule has 0 saturated heterocycles. The van der Waals surface area contributed by atoms with Crippen molar-refractivity contribution in [3.8, 4) is 5.75 Å². The second-order valence-corrected chi connectivity index (χ2v) is 10.4. The van der Waals surface area contributed by atoms with Crippen molar-refractivity contribution in [2.24, 2.45) is 0 Å². The van der Waals surface area contributed by atoms with Gasteiger partial charge in [0.2, 0.25) is 0 Å². The van der Waals surface area contributed by atoms with E-state index in [-0.39, 0.29) is 30.1 Å². The molecule has 3 N–H and O–H groups in total. The summed E-state index contributed by atoms with van der Waals surface area (Å²) < 4.78 is 6.56. The fourth-order valence-electron chi connectivity index (χ4n) is 3.14. The number of aliphatic hydroxyl groups excluding tert-OH is 1. The molecule has 8 heteroatoms. The number of benzene rings is 2. The second kappa shape index (κ2) is 12.9. The summed E-state index contributed by atoms with van der Waals surface area (Å²) in [5.74, 6) is 0.583. The van der Waals surface area contributed by atoms with Crippen molar-refractivity contribution in [2.75, 3.05) is 25.6 Å². The molecule has 0 saturated carbocycles. The highest BCUT2D eigenvalue weighted by atomic mass is 127. The highest BCUT2D eigenvalue weighted by Gasteiger charge is 2.22. The SMILES string of the molecule is CCCOc1ccc(C(=O)N[C@H](CCO)Cc2ccc(NC(=O)N(C)C(C)(C)C)cc2)cc1I. The molecule has 7 nitrogen and oxygen atoms in total. The molecular weight excluding hydrogens is 545 g/mol. The summed E-state index contributed by atoms with van der Waals surface area (Å²) in [5, 5.41) is 15.4. The van der Waals surface area contributed by atoms with Crippen LogP contribution in [0.3, 0.4) is 0 Å². The molecule has 0 radical (unpaired) electrons. The molecule has 0 aliphatic rings. The van der Waals surface area contributed by atoms with Gasteiger partial charge in [-0.1, -0.05) is 19.1 Å². The normalized spacial score (nSPS) is 12.1. The summed E-state index contributed by atoms with van der Waals surface area (Å²) in [4.78, 5) is 26.9. The quantitative estimate of drug-likeness (QED) is 0.342. The Morgan fingerprint density at radius 1 is 1.15 bits per heavy atom. The molecule has 3 amide bonds. The molecule has 0 aromatic heterocycles. The number of nitrogens with zero attached hydrogens (tertiary/aromatic N) is 1. The number of hydrogen-bond acceptors (Lipinski definition) is 4. The first kappa shape index (κ1) is 27.9. The second-order valence-electron chi connectivity index (χ2n) is 9.24. The molecule has 1 atom stereocenters. The third kappa shape index (κ3) is 8.47. The van der Waals surface area contributed by atoms with Crippen LogP contribution in [-0.2, 0) is 6.42 Å². The minimum Gasteiger partial charge on any atom is -0.492 e. The Bertz CT molecular complexity index is 958. The molecule has 0 spiro atoms. The van der Waals surface area contributed by atoms with Crippen LogP contribution in [0.4, 0.5) is 10.5 Å². The first-order chi connectivity index (χ1) is 16.0. The van der Waals surface area contributed by atoms with E-state index in [2.05, 4.69) is 33.2 Å². The highest BCUT2D eigenvalue weighted by Crippen LogP contribution is 2.23. The van der Waals surface area contributed by atoms with E-state index in [4.69, 9.17) is 4.74 Å². The summed E-state index contributed by atoms with van der Waals surface area (Å²) in [7, 11) is 1.76. The van der Waals surface area contributed by atoms with Crippen LogP contribution in [0.5, 0.6) is 5.75 Å². The number of nitrogens with one attached hydrogen (secondary N) is 2. The van der Waals surface area contributed by atoms with E-state index in [0.29, 0.717) is 30.7 Å². The van der Waals surface area contributed by atoms with E-state index < -0.39 is 0 Å². The zero-order chi connectivity index (χ0) is 25.3. The van der Waals surface area contributed by atoms with Gasteiger partial charge in [0.05, 0.1) is 10.2 Å². The largest absolute Gasteiger partial charge is 0.492 e. The smallest absolute Gasteiger partial charge is 0.322 e. The van der Waals surface area contributed by atoms with E-state index in [9.17, 15) is 14.7 Å². The lowest BCUT2D eigenvalue weighted by Crippen LogP contribution is -2.44. The number of hydrogen-bond donors (Lipinski definition) is 3. The van der Waals surface area contributed by atoms with Crippen LogP contribution >= 0.6 is 22.6 Å². The number of carbonyl (C=O) groups is 2. The van der Waals surface area contributed by atoms with Gasteiger partial charge in [0.25, 0.3) is 5.91 Å². The molecule has 0 bridgehead atoms. The third-order valence-corrected chi connectivity index (χ3v) is 6.31. The Morgan fingerprint density at radius 2 is 1.82 bits per heavy atom. The van der Waals surface area contributed by atoms with Gasteiger partial charge in [0, 0.05) is 36.5 Å². The molecule has 2 aromatic carbocycles. The van der Waals surface area contributed by atoms with Gasteiger partial charge in [-0.05, 0) is 98.5 Å². The Hall–Kier alpha value is -2.33. The fourth-order valence-corrected chi connectivity index (χ4v) is 3.81. The van der Waals surface area contributed by atoms with Gasteiger partial charge in [-0.3, -0.25) is 4.79 Å². The zero-order valence-corrected chi connectivity index (χ0v) is 22.8. The van der Waals surface area contributed by atoms with E-state index >= 15 is 0 Å². The maximum Gasteiger partial charge on any atom is 0.322 e. The van der Waals surface area contributed by atoms with Crippen molar-refractivity contribution in [3.05, 3.63) is 57.2 Å².